The molecule has 0 spiro atoms. The summed E-state index contributed by atoms with van der Waals surface area (Å²) in [6.45, 7) is 2.20. The molecule has 0 saturated heterocycles. The van der Waals surface area contributed by atoms with Crippen LogP contribution in [0.3, 0.4) is 0 Å². The minimum absolute atomic E-state index is 0. The van der Waals surface area contributed by atoms with Gasteiger partial charge in [0.1, 0.15) is 35.0 Å². The Kier molecular flexibility index (Phi) is 8.29. The van der Waals surface area contributed by atoms with Gasteiger partial charge in [0, 0.05) is 11.6 Å². The van der Waals surface area contributed by atoms with E-state index < -0.39 is 83.2 Å². The van der Waals surface area contributed by atoms with Crippen LogP contribution in [0.4, 0.5) is 0 Å². The summed E-state index contributed by atoms with van der Waals surface area (Å²) < 4.78 is 0. The summed E-state index contributed by atoms with van der Waals surface area (Å²) in [5, 5.41) is 17.0. The Hall–Kier alpha value is -2.78. The second-order valence-corrected chi connectivity index (χ2v) is 5.67. The minimum Gasteiger partial charge on any atom is -0.503 e. The van der Waals surface area contributed by atoms with Crippen LogP contribution in [0.5, 0.6) is 0 Å². The van der Waals surface area contributed by atoms with Crippen molar-refractivity contribution in [3.05, 3.63) is 11.8 Å². The van der Waals surface area contributed by atoms with Gasteiger partial charge < -0.3 is 29.4 Å². The number of carbonyl (C=O) groups excluding carboxylic acids is 6. The molecule has 2 saturated carbocycles. The maximum atomic E-state index is 11.1. The van der Waals surface area contributed by atoms with Crippen LogP contribution >= 0.6 is 0 Å². The van der Waals surface area contributed by atoms with Crippen LogP contribution in [-0.2, 0) is 55.4 Å². The third kappa shape index (κ3) is 5.11. The van der Waals surface area contributed by atoms with Gasteiger partial charge in [-0.3, -0.25) is 19.2 Å². The van der Waals surface area contributed by atoms with Crippen molar-refractivity contribution in [2.24, 2.45) is 11.8 Å². The van der Waals surface area contributed by atoms with Gasteiger partial charge in [-0.2, -0.15) is 0 Å². The van der Waals surface area contributed by atoms with Crippen LogP contribution in [0.25, 0.3) is 0 Å². The zero-order valence-corrected chi connectivity index (χ0v) is 15.0. The number of hydrogen-bond donors (Lipinski definition) is 2. The molecule has 149 valence electrons. The molecule has 0 aliphatic heterocycles. The number of carbonyl (C=O) groups is 8. The Labute approximate surface area is 163 Å². The molecule has 2 rings (SSSR count). The van der Waals surface area contributed by atoms with Crippen LogP contribution in [-0.4, -0.2) is 56.9 Å². The van der Waals surface area contributed by atoms with Crippen molar-refractivity contribution in [3.8, 4) is 0 Å². The minimum atomic E-state index is -1.41. The summed E-state index contributed by atoms with van der Waals surface area (Å²) in [5.41, 5.74) is 0. The molecule has 0 heterocycles. The largest absolute Gasteiger partial charge is 2.00 e. The number of rotatable bonds is 4. The second-order valence-electron chi connectivity index (χ2n) is 5.67. The van der Waals surface area contributed by atoms with Gasteiger partial charge in [-0.1, -0.05) is 12.8 Å². The first-order valence-corrected chi connectivity index (χ1v) is 7.23. The predicted molar refractivity (Wildman–Crippen MR) is 79.4 cm³/mol. The van der Waals surface area contributed by atoms with Crippen molar-refractivity contribution in [1.82, 2.24) is 0 Å². The smallest absolute Gasteiger partial charge is 0.503 e. The summed E-state index contributed by atoms with van der Waals surface area (Å²) in [6, 6.07) is 0. The fraction of sp³-hybridized carbons (Fsp3) is 0.375. The van der Waals surface area contributed by atoms with Crippen LogP contribution in [0.15, 0.2) is 0 Å². The third-order valence-corrected chi connectivity index (χ3v) is 3.79. The molecule has 0 aromatic heterocycles. The fourth-order valence-corrected chi connectivity index (χ4v) is 2.55. The van der Waals surface area contributed by atoms with E-state index in [2.05, 4.69) is 0 Å². The number of carboxylic acid groups (broad SMARTS) is 2. The zero-order valence-electron chi connectivity index (χ0n) is 14.0. The van der Waals surface area contributed by atoms with E-state index in [9.17, 15) is 38.4 Å². The van der Waals surface area contributed by atoms with Crippen molar-refractivity contribution in [2.45, 2.75) is 26.7 Å². The van der Waals surface area contributed by atoms with Gasteiger partial charge in [-0.05, 0) is 13.8 Å². The summed E-state index contributed by atoms with van der Waals surface area (Å²) in [7, 11) is 0. The normalized spacial score (nSPS) is 21.4. The number of Topliss-reactive ketones (excluding diaryl/α,β-unsaturated/α-hetero) is 6. The average molecular weight is 430 g/mol. The van der Waals surface area contributed by atoms with Gasteiger partial charge in [0.15, 0.2) is 11.9 Å². The van der Waals surface area contributed by atoms with E-state index in [1.807, 2.05) is 0 Å². The molecule has 0 aromatic rings. The van der Waals surface area contributed by atoms with Gasteiger partial charge in [-0.25, -0.2) is 11.8 Å². The standard InChI is InChI=1S/2C8H7O5.Cu/c2*1-3(9)6-5(10)2-4(7(6)11)8(12)13;/h2*6H,2H2,1H3,(H,12,13);/q2*-1;+2. The van der Waals surface area contributed by atoms with E-state index in [0.717, 1.165) is 13.8 Å². The van der Waals surface area contributed by atoms with Gasteiger partial charge in [0.25, 0.3) is 0 Å². The Balaban J connectivity index is 0.000000483. The zero-order chi connectivity index (χ0) is 20.3. The molecule has 11 heteroatoms. The molecular weight excluding hydrogens is 416 g/mol. The Morgan fingerprint density at radius 1 is 0.741 bits per heavy atom. The predicted octanol–water partition coefficient (Wildman–Crippen LogP) is -1.22. The molecule has 2 unspecified atom stereocenters. The van der Waals surface area contributed by atoms with Gasteiger partial charge in [0.05, 0.1) is 0 Å². The average Bonchev–Trinajstić information content (AvgIpc) is 2.95. The van der Waals surface area contributed by atoms with Crippen molar-refractivity contribution in [2.75, 3.05) is 0 Å². The van der Waals surface area contributed by atoms with E-state index in [1.165, 1.54) is 0 Å². The van der Waals surface area contributed by atoms with Crippen LogP contribution in [0.2, 0.25) is 0 Å². The molecule has 0 bridgehead atoms. The maximum Gasteiger partial charge on any atom is 2.00 e. The summed E-state index contributed by atoms with van der Waals surface area (Å²) in [6.07, 6.45) is -0.864. The molecule has 10 nitrogen and oxygen atoms in total. The topological polar surface area (TPSA) is 177 Å². The molecule has 2 aliphatic rings. The third-order valence-electron chi connectivity index (χ3n) is 3.79. The molecule has 2 N–H and O–H groups in total. The van der Waals surface area contributed by atoms with Crippen LogP contribution in [0.1, 0.15) is 26.7 Å². The number of aliphatic carboxylic acids is 2. The molecule has 0 amide bonds. The Morgan fingerprint density at radius 3 is 1.11 bits per heavy atom. The SMILES string of the molecule is CC(=O)C1C(=O)C[C-](C(=O)O)C1=O.CC(=O)C1C(=O)C[C-](C(=O)O)C1=O.[Cu+2]. The van der Waals surface area contributed by atoms with E-state index in [4.69, 9.17) is 10.2 Å². The molecule has 2 fully saturated rings. The van der Waals surface area contributed by atoms with Crippen LogP contribution < -0.4 is 0 Å². The number of hydrogen-bond acceptors (Lipinski definition) is 8. The first kappa shape index (κ1) is 24.2. The number of carboxylic acids is 2. The van der Waals surface area contributed by atoms with Crippen molar-refractivity contribution in [1.29, 1.82) is 0 Å². The number of ketones is 6. The van der Waals surface area contributed by atoms with Gasteiger partial charge >= 0.3 is 17.1 Å². The monoisotopic (exact) mass is 429 g/mol. The van der Waals surface area contributed by atoms with Crippen molar-refractivity contribution in [3.63, 3.8) is 0 Å². The first-order valence-electron chi connectivity index (χ1n) is 7.23. The molecule has 27 heavy (non-hydrogen) atoms. The Morgan fingerprint density at radius 2 is 1.00 bits per heavy atom. The fourth-order valence-electron chi connectivity index (χ4n) is 2.55. The Bertz CT molecular complexity index is 675. The molecule has 1 radical (unpaired) electrons. The van der Waals surface area contributed by atoms with E-state index in [1.54, 1.807) is 0 Å². The van der Waals surface area contributed by atoms with E-state index in [0.29, 0.717) is 0 Å². The quantitative estimate of drug-likeness (QED) is 0.312. The summed E-state index contributed by atoms with van der Waals surface area (Å²) in [4.78, 5) is 86.7. The molecule has 0 aromatic carbocycles. The van der Waals surface area contributed by atoms with Crippen molar-refractivity contribution >= 4 is 46.6 Å². The van der Waals surface area contributed by atoms with Gasteiger partial charge in [-0.15, -0.1) is 0 Å². The summed E-state index contributed by atoms with van der Waals surface area (Å²) >= 11 is 0. The second kappa shape index (κ2) is 9.24. The van der Waals surface area contributed by atoms with Crippen molar-refractivity contribution < 1.29 is 65.6 Å². The van der Waals surface area contributed by atoms with Gasteiger partial charge in [0.2, 0.25) is 0 Å². The molecule has 2 atom stereocenters. The summed E-state index contributed by atoms with van der Waals surface area (Å²) in [5.74, 6) is -10.7. The van der Waals surface area contributed by atoms with E-state index in [-0.39, 0.29) is 17.1 Å². The van der Waals surface area contributed by atoms with Crippen LogP contribution in [0, 0.1) is 23.7 Å². The maximum absolute atomic E-state index is 11.1. The molecule has 2 aliphatic carbocycles. The molecular formula is C16H14CuO10. The first-order chi connectivity index (χ1) is 11.9. The van der Waals surface area contributed by atoms with E-state index >= 15 is 0 Å².